The van der Waals surface area contributed by atoms with Crippen LogP contribution in [0.15, 0.2) is 42.6 Å². The number of nitrogens with one attached hydrogen (secondary N) is 1. The van der Waals surface area contributed by atoms with Gasteiger partial charge in [-0.25, -0.2) is 4.98 Å². The van der Waals surface area contributed by atoms with Crippen LogP contribution in [0.5, 0.6) is 0 Å². The highest BCUT2D eigenvalue weighted by Crippen LogP contribution is 2.22. The lowest BCUT2D eigenvalue weighted by Crippen LogP contribution is -2.10. The second kappa shape index (κ2) is 6.55. The molecule has 5 heteroatoms. The van der Waals surface area contributed by atoms with Crippen molar-refractivity contribution in [3.63, 3.8) is 0 Å². The summed E-state index contributed by atoms with van der Waals surface area (Å²) >= 11 is 11.8. The Balaban J connectivity index is 2.08. The van der Waals surface area contributed by atoms with E-state index in [1.54, 1.807) is 30.5 Å². The largest absolute Gasteiger partial charge is 0.307 e. The number of rotatable bonds is 3. The van der Waals surface area contributed by atoms with Crippen molar-refractivity contribution < 1.29 is 4.79 Å². The number of hydrogen-bond donors (Lipinski definition) is 1. The third-order valence-electron chi connectivity index (χ3n) is 2.63. The molecule has 1 aromatic carbocycles. The fourth-order valence-electron chi connectivity index (χ4n) is 1.58. The van der Waals surface area contributed by atoms with Crippen molar-refractivity contribution in [1.82, 2.24) is 4.98 Å². The number of nitrogens with zero attached hydrogens (tertiary/aromatic N) is 1. The molecule has 1 aromatic heterocycles. The maximum Gasteiger partial charge on any atom is 0.249 e. The lowest BCUT2D eigenvalue weighted by Gasteiger charge is -2.04. The van der Waals surface area contributed by atoms with Gasteiger partial charge in [0.25, 0.3) is 0 Å². The van der Waals surface area contributed by atoms with Crippen LogP contribution in [0.1, 0.15) is 11.1 Å². The number of hydrogen-bond acceptors (Lipinski definition) is 2. The Bertz CT molecular complexity index is 669. The molecule has 20 heavy (non-hydrogen) atoms. The lowest BCUT2D eigenvalue weighted by molar-refractivity contribution is -0.111. The molecular formula is C15H12Cl2N2O. The fraction of sp³-hybridized carbons (Fsp3) is 0.0667. The van der Waals surface area contributed by atoms with Crippen LogP contribution in [-0.2, 0) is 4.79 Å². The standard InChI is InChI=1S/C15H12Cl2N2O/c1-10-3-2-8-18-15(10)19-14(20)7-5-11-4-6-12(16)9-13(11)17/h2-9H,1H3,(H,18,19,20)/b7-5+. The molecule has 0 spiro atoms. The Labute approximate surface area is 127 Å². The summed E-state index contributed by atoms with van der Waals surface area (Å²) in [6.07, 6.45) is 4.66. The number of aryl methyl sites for hydroxylation is 1. The zero-order chi connectivity index (χ0) is 14.5. The van der Waals surface area contributed by atoms with Gasteiger partial charge in [0, 0.05) is 22.3 Å². The Morgan fingerprint density at radius 1 is 1.30 bits per heavy atom. The molecule has 102 valence electrons. The zero-order valence-electron chi connectivity index (χ0n) is 10.7. The predicted molar refractivity (Wildman–Crippen MR) is 83.1 cm³/mol. The molecule has 0 radical (unpaired) electrons. The van der Waals surface area contributed by atoms with E-state index >= 15 is 0 Å². The number of anilines is 1. The number of amides is 1. The quantitative estimate of drug-likeness (QED) is 0.857. The van der Waals surface area contributed by atoms with Crippen LogP contribution in [-0.4, -0.2) is 10.9 Å². The molecule has 2 aromatic rings. The minimum Gasteiger partial charge on any atom is -0.307 e. The van der Waals surface area contributed by atoms with Crippen molar-refractivity contribution in [2.75, 3.05) is 5.32 Å². The van der Waals surface area contributed by atoms with Crippen molar-refractivity contribution in [1.29, 1.82) is 0 Å². The minimum absolute atomic E-state index is 0.266. The summed E-state index contributed by atoms with van der Waals surface area (Å²) in [4.78, 5) is 15.9. The van der Waals surface area contributed by atoms with E-state index in [0.717, 1.165) is 11.1 Å². The summed E-state index contributed by atoms with van der Waals surface area (Å²) in [6.45, 7) is 1.88. The van der Waals surface area contributed by atoms with Crippen molar-refractivity contribution >= 4 is 41.0 Å². The Hall–Kier alpha value is -1.84. The second-order valence-corrected chi connectivity index (χ2v) is 5.00. The van der Waals surface area contributed by atoms with Crippen LogP contribution in [0.4, 0.5) is 5.82 Å². The van der Waals surface area contributed by atoms with Gasteiger partial charge in [-0.2, -0.15) is 0 Å². The molecule has 0 aliphatic carbocycles. The number of halogens is 2. The molecule has 0 aliphatic rings. The molecule has 1 amide bonds. The molecule has 0 bridgehead atoms. The molecule has 0 aliphatic heterocycles. The molecule has 0 saturated carbocycles. The van der Waals surface area contributed by atoms with E-state index in [9.17, 15) is 4.79 Å². The van der Waals surface area contributed by atoms with Crippen LogP contribution < -0.4 is 5.32 Å². The van der Waals surface area contributed by atoms with Crippen molar-refractivity contribution in [3.05, 3.63) is 63.8 Å². The van der Waals surface area contributed by atoms with Crippen LogP contribution >= 0.6 is 23.2 Å². The molecule has 0 unspecified atom stereocenters. The van der Waals surface area contributed by atoms with Crippen molar-refractivity contribution in [2.45, 2.75) is 6.92 Å². The Morgan fingerprint density at radius 2 is 2.10 bits per heavy atom. The molecule has 0 saturated heterocycles. The summed E-state index contributed by atoms with van der Waals surface area (Å²) in [5, 5.41) is 3.76. The molecule has 0 atom stereocenters. The normalized spacial score (nSPS) is 10.8. The third kappa shape index (κ3) is 3.83. The van der Waals surface area contributed by atoms with Gasteiger partial charge in [0.1, 0.15) is 5.82 Å². The summed E-state index contributed by atoms with van der Waals surface area (Å²) in [5.74, 6) is 0.280. The van der Waals surface area contributed by atoms with E-state index < -0.39 is 0 Å². The summed E-state index contributed by atoms with van der Waals surface area (Å²) in [7, 11) is 0. The predicted octanol–water partition coefficient (Wildman–Crippen LogP) is 4.35. The first-order chi connectivity index (χ1) is 9.56. The van der Waals surface area contributed by atoms with Crippen LogP contribution in [0.3, 0.4) is 0 Å². The highest BCUT2D eigenvalue weighted by atomic mass is 35.5. The average molecular weight is 307 g/mol. The van der Waals surface area contributed by atoms with Crippen LogP contribution in [0.2, 0.25) is 10.0 Å². The van der Waals surface area contributed by atoms with Gasteiger partial charge >= 0.3 is 0 Å². The summed E-state index contributed by atoms with van der Waals surface area (Å²) in [5.41, 5.74) is 1.63. The smallest absolute Gasteiger partial charge is 0.249 e. The van der Waals surface area contributed by atoms with E-state index in [-0.39, 0.29) is 5.91 Å². The molecule has 0 fully saturated rings. The molecule has 1 heterocycles. The van der Waals surface area contributed by atoms with Gasteiger partial charge in [0.2, 0.25) is 5.91 Å². The number of benzene rings is 1. The first-order valence-corrected chi connectivity index (χ1v) is 6.67. The Kier molecular flexibility index (Phi) is 4.77. The maximum absolute atomic E-state index is 11.8. The minimum atomic E-state index is -0.266. The highest BCUT2D eigenvalue weighted by Gasteiger charge is 2.03. The maximum atomic E-state index is 11.8. The lowest BCUT2D eigenvalue weighted by atomic mass is 10.2. The van der Waals surface area contributed by atoms with Gasteiger partial charge in [-0.1, -0.05) is 35.3 Å². The van der Waals surface area contributed by atoms with Gasteiger partial charge in [-0.15, -0.1) is 0 Å². The molecule has 3 nitrogen and oxygen atoms in total. The van der Waals surface area contributed by atoms with Gasteiger partial charge < -0.3 is 5.32 Å². The Morgan fingerprint density at radius 3 is 2.80 bits per heavy atom. The first-order valence-electron chi connectivity index (χ1n) is 5.92. The molecular weight excluding hydrogens is 295 g/mol. The zero-order valence-corrected chi connectivity index (χ0v) is 12.2. The topological polar surface area (TPSA) is 42.0 Å². The van der Waals surface area contributed by atoms with E-state index in [0.29, 0.717) is 15.9 Å². The third-order valence-corrected chi connectivity index (χ3v) is 3.19. The number of aromatic nitrogens is 1. The first kappa shape index (κ1) is 14.6. The highest BCUT2D eigenvalue weighted by molar-refractivity contribution is 6.35. The monoisotopic (exact) mass is 306 g/mol. The SMILES string of the molecule is Cc1cccnc1NC(=O)/C=C/c1ccc(Cl)cc1Cl. The van der Waals surface area contributed by atoms with Gasteiger partial charge in [-0.3, -0.25) is 4.79 Å². The van der Waals surface area contributed by atoms with Crippen molar-refractivity contribution in [3.8, 4) is 0 Å². The fourth-order valence-corrected chi connectivity index (χ4v) is 2.05. The van der Waals surface area contributed by atoms with E-state index in [2.05, 4.69) is 10.3 Å². The van der Waals surface area contributed by atoms with Gasteiger partial charge in [0.15, 0.2) is 0 Å². The molecule has 1 N–H and O–H groups in total. The molecule has 2 rings (SSSR count). The van der Waals surface area contributed by atoms with Crippen LogP contribution in [0.25, 0.3) is 6.08 Å². The van der Waals surface area contributed by atoms with Crippen LogP contribution in [0, 0.1) is 6.92 Å². The average Bonchev–Trinajstić information content (AvgIpc) is 2.40. The number of carbonyl (C=O) groups is 1. The number of pyridine rings is 1. The van der Waals surface area contributed by atoms with Gasteiger partial charge in [-0.05, 0) is 42.3 Å². The second-order valence-electron chi connectivity index (χ2n) is 4.16. The van der Waals surface area contributed by atoms with E-state index in [1.165, 1.54) is 6.08 Å². The number of carbonyl (C=O) groups excluding carboxylic acids is 1. The van der Waals surface area contributed by atoms with Crippen molar-refractivity contribution in [2.24, 2.45) is 0 Å². The van der Waals surface area contributed by atoms with E-state index in [4.69, 9.17) is 23.2 Å². The summed E-state index contributed by atoms with van der Waals surface area (Å²) in [6, 6.07) is 8.79. The van der Waals surface area contributed by atoms with E-state index in [1.807, 2.05) is 19.1 Å². The summed E-state index contributed by atoms with van der Waals surface area (Å²) < 4.78 is 0. The van der Waals surface area contributed by atoms with Gasteiger partial charge in [0.05, 0.1) is 0 Å².